The number of anilines is 1. The maximum absolute atomic E-state index is 11.1. The second-order valence-corrected chi connectivity index (χ2v) is 6.68. The van der Waals surface area contributed by atoms with Crippen LogP contribution in [0, 0.1) is 6.92 Å². The third-order valence-electron chi connectivity index (χ3n) is 3.93. The fraction of sp³-hybridized carbons (Fsp3) is 0.364. The van der Waals surface area contributed by atoms with Crippen LogP contribution in [-0.4, -0.2) is 44.7 Å². The molecular weight excluding hydrogens is 368 g/mol. The number of hydrogen-bond donors (Lipinski definition) is 3. The number of aryl methyl sites for hydroxylation is 1. The third kappa shape index (κ3) is 8.55. The summed E-state index contributed by atoms with van der Waals surface area (Å²) in [5.41, 5.74) is 1.88. The van der Waals surface area contributed by atoms with Crippen LogP contribution in [0.5, 0.6) is 11.5 Å². The van der Waals surface area contributed by atoms with E-state index in [9.17, 15) is 4.79 Å². The molecule has 0 aliphatic heterocycles. The van der Waals surface area contributed by atoms with Crippen molar-refractivity contribution >= 4 is 17.6 Å². The minimum atomic E-state index is -0.112. The summed E-state index contributed by atoms with van der Waals surface area (Å²) in [5, 5.41) is 9.18. The van der Waals surface area contributed by atoms with Gasteiger partial charge in [-0.3, -0.25) is 9.79 Å². The van der Waals surface area contributed by atoms with Gasteiger partial charge < -0.3 is 25.4 Å². The third-order valence-corrected chi connectivity index (χ3v) is 3.93. The molecule has 0 aliphatic rings. The SMILES string of the molecule is CN=C(NCCOc1cccc(NC(C)=O)c1)NCC(C)Oc1cccc(C)c1. The molecule has 0 heterocycles. The van der Waals surface area contributed by atoms with Crippen molar-refractivity contribution in [1.82, 2.24) is 10.6 Å². The van der Waals surface area contributed by atoms with Gasteiger partial charge >= 0.3 is 0 Å². The molecule has 1 atom stereocenters. The molecule has 156 valence electrons. The number of aliphatic imine (C=N–C) groups is 1. The minimum absolute atomic E-state index is 0.0110. The van der Waals surface area contributed by atoms with Crippen molar-refractivity contribution in [2.45, 2.75) is 26.9 Å². The molecule has 7 heteroatoms. The predicted octanol–water partition coefficient (Wildman–Crippen LogP) is 2.96. The molecule has 1 amide bonds. The van der Waals surface area contributed by atoms with Crippen molar-refractivity contribution in [3.8, 4) is 11.5 Å². The van der Waals surface area contributed by atoms with Gasteiger partial charge in [0, 0.05) is 25.7 Å². The first-order valence-corrected chi connectivity index (χ1v) is 9.64. The summed E-state index contributed by atoms with van der Waals surface area (Å²) < 4.78 is 11.6. The number of rotatable bonds is 9. The number of carbonyl (C=O) groups excluding carboxylic acids is 1. The van der Waals surface area contributed by atoms with Gasteiger partial charge in [-0.2, -0.15) is 0 Å². The predicted molar refractivity (Wildman–Crippen MR) is 117 cm³/mol. The number of nitrogens with zero attached hydrogens (tertiary/aromatic N) is 1. The molecule has 0 aromatic heterocycles. The van der Waals surface area contributed by atoms with Crippen molar-refractivity contribution in [3.05, 3.63) is 54.1 Å². The van der Waals surface area contributed by atoms with E-state index in [1.807, 2.05) is 56.3 Å². The summed E-state index contributed by atoms with van der Waals surface area (Å²) in [6.07, 6.45) is -0.0110. The van der Waals surface area contributed by atoms with E-state index in [-0.39, 0.29) is 12.0 Å². The molecule has 2 aromatic rings. The van der Waals surface area contributed by atoms with Crippen LogP contribution in [-0.2, 0) is 4.79 Å². The smallest absolute Gasteiger partial charge is 0.221 e. The van der Waals surface area contributed by atoms with Crippen LogP contribution >= 0.6 is 0 Å². The van der Waals surface area contributed by atoms with E-state index in [0.717, 1.165) is 5.75 Å². The highest BCUT2D eigenvalue weighted by atomic mass is 16.5. The van der Waals surface area contributed by atoms with Gasteiger partial charge in [-0.1, -0.05) is 18.2 Å². The lowest BCUT2D eigenvalue weighted by Gasteiger charge is -2.18. The minimum Gasteiger partial charge on any atom is -0.492 e. The molecular formula is C22H30N4O3. The Bertz CT molecular complexity index is 823. The fourth-order valence-corrected chi connectivity index (χ4v) is 2.63. The molecule has 3 N–H and O–H groups in total. The highest BCUT2D eigenvalue weighted by Gasteiger charge is 2.06. The zero-order valence-corrected chi connectivity index (χ0v) is 17.5. The Labute approximate surface area is 172 Å². The van der Waals surface area contributed by atoms with Gasteiger partial charge in [0.1, 0.15) is 24.2 Å². The Balaban J connectivity index is 1.69. The first kappa shape index (κ1) is 22.1. The van der Waals surface area contributed by atoms with Crippen molar-refractivity contribution < 1.29 is 14.3 Å². The van der Waals surface area contributed by atoms with Crippen LogP contribution in [0.25, 0.3) is 0 Å². The molecule has 2 aromatic carbocycles. The van der Waals surface area contributed by atoms with Crippen LogP contribution in [0.4, 0.5) is 5.69 Å². The number of ether oxygens (including phenoxy) is 2. The van der Waals surface area contributed by atoms with E-state index < -0.39 is 0 Å². The van der Waals surface area contributed by atoms with E-state index in [2.05, 4.69) is 20.9 Å². The first-order valence-electron chi connectivity index (χ1n) is 9.64. The van der Waals surface area contributed by atoms with Gasteiger partial charge in [0.05, 0.1) is 13.1 Å². The van der Waals surface area contributed by atoms with Crippen LogP contribution < -0.4 is 25.4 Å². The Kier molecular flexibility index (Phi) is 8.82. The highest BCUT2D eigenvalue weighted by molar-refractivity contribution is 5.88. The Hall–Kier alpha value is -3.22. The molecule has 0 saturated heterocycles. The number of carbonyl (C=O) groups is 1. The van der Waals surface area contributed by atoms with Gasteiger partial charge in [-0.25, -0.2) is 0 Å². The maximum atomic E-state index is 11.1. The van der Waals surface area contributed by atoms with Gasteiger partial charge in [0.25, 0.3) is 0 Å². The van der Waals surface area contributed by atoms with Gasteiger partial charge in [0.15, 0.2) is 5.96 Å². The van der Waals surface area contributed by atoms with Crippen molar-refractivity contribution in [2.75, 3.05) is 32.1 Å². The molecule has 2 rings (SSSR count). The van der Waals surface area contributed by atoms with Crippen molar-refractivity contribution in [2.24, 2.45) is 4.99 Å². The Morgan fingerprint density at radius 3 is 2.59 bits per heavy atom. The summed E-state index contributed by atoms with van der Waals surface area (Å²) in [5.74, 6) is 2.12. The molecule has 1 unspecified atom stereocenters. The largest absolute Gasteiger partial charge is 0.492 e. The fourth-order valence-electron chi connectivity index (χ4n) is 2.63. The van der Waals surface area contributed by atoms with Gasteiger partial charge in [-0.05, 0) is 43.7 Å². The topological polar surface area (TPSA) is 84.0 Å². The Morgan fingerprint density at radius 1 is 1.10 bits per heavy atom. The number of guanidine groups is 1. The molecule has 7 nitrogen and oxygen atoms in total. The summed E-state index contributed by atoms with van der Waals surface area (Å²) >= 11 is 0. The maximum Gasteiger partial charge on any atom is 0.221 e. The molecule has 0 bridgehead atoms. The average Bonchev–Trinajstić information content (AvgIpc) is 2.67. The lowest BCUT2D eigenvalue weighted by atomic mass is 10.2. The summed E-state index contributed by atoms with van der Waals surface area (Å²) in [7, 11) is 1.72. The number of hydrogen-bond acceptors (Lipinski definition) is 4. The second-order valence-electron chi connectivity index (χ2n) is 6.68. The number of benzene rings is 2. The van der Waals surface area contributed by atoms with Gasteiger partial charge in [0.2, 0.25) is 5.91 Å². The number of nitrogens with one attached hydrogen (secondary N) is 3. The van der Waals surface area contributed by atoms with Crippen LogP contribution in [0.2, 0.25) is 0 Å². The molecule has 29 heavy (non-hydrogen) atoms. The average molecular weight is 399 g/mol. The zero-order valence-electron chi connectivity index (χ0n) is 17.5. The van der Waals surface area contributed by atoms with Crippen LogP contribution in [0.15, 0.2) is 53.5 Å². The molecule has 0 aliphatic carbocycles. The van der Waals surface area contributed by atoms with Gasteiger partial charge in [-0.15, -0.1) is 0 Å². The van der Waals surface area contributed by atoms with E-state index in [1.165, 1.54) is 12.5 Å². The number of amides is 1. The Morgan fingerprint density at radius 2 is 1.86 bits per heavy atom. The zero-order chi connectivity index (χ0) is 21.1. The monoisotopic (exact) mass is 398 g/mol. The van der Waals surface area contributed by atoms with Crippen molar-refractivity contribution in [1.29, 1.82) is 0 Å². The molecule has 0 saturated carbocycles. The van der Waals surface area contributed by atoms with E-state index in [4.69, 9.17) is 9.47 Å². The van der Waals surface area contributed by atoms with Crippen LogP contribution in [0.1, 0.15) is 19.4 Å². The van der Waals surface area contributed by atoms with E-state index >= 15 is 0 Å². The quantitative estimate of drug-likeness (QED) is 0.344. The lowest BCUT2D eigenvalue weighted by molar-refractivity contribution is -0.114. The second kappa shape index (κ2) is 11.6. The van der Waals surface area contributed by atoms with Crippen molar-refractivity contribution in [3.63, 3.8) is 0 Å². The van der Waals surface area contributed by atoms with Crippen LogP contribution in [0.3, 0.4) is 0 Å². The molecule has 0 fully saturated rings. The normalized spacial score (nSPS) is 12.1. The lowest BCUT2D eigenvalue weighted by Crippen LogP contribution is -2.43. The standard InChI is InChI=1S/C22H30N4O3/c1-16-7-5-10-21(13-16)29-17(2)15-25-22(23-4)24-11-12-28-20-9-6-8-19(14-20)26-18(3)27/h5-10,13-14,17H,11-12,15H2,1-4H3,(H,26,27)(H2,23,24,25). The molecule has 0 spiro atoms. The van der Waals surface area contributed by atoms with E-state index in [1.54, 1.807) is 13.1 Å². The summed E-state index contributed by atoms with van der Waals surface area (Å²) in [6.45, 7) is 7.18. The molecule has 0 radical (unpaired) electrons. The summed E-state index contributed by atoms with van der Waals surface area (Å²) in [4.78, 5) is 15.3. The van der Waals surface area contributed by atoms with E-state index in [0.29, 0.717) is 37.1 Å². The first-order chi connectivity index (χ1) is 14.0. The summed E-state index contributed by atoms with van der Waals surface area (Å²) in [6, 6.07) is 15.3. The highest BCUT2D eigenvalue weighted by Crippen LogP contribution is 2.17.